The molecule has 1 amide bonds. The summed E-state index contributed by atoms with van der Waals surface area (Å²) in [5.74, 6) is 1.14. The third-order valence-corrected chi connectivity index (χ3v) is 6.81. The number of nitrogens with one attached hydrogen (secondary N) is 1. The van der Waals surface area contributed by atoms with Crippen molar-refractivity contribution in [1.29, 1.82) is 0 Å². The van der Waals surface area contributed by atoms with Gasteiger partial charge < -0.3 is 15.1 Å². The fraction of sp³-hybridized carbons (Fsp3) is 0.455. The number of hydrogen-bond donors (Lipinski definition) is 1. The van der Waals surface area contributed by atoms with Crippen LogP contribution in [-0.4, -0.2) is 54.3 Å². The number of rotatable bonds is 4. The van der Waals surface area contributed by atoms with Crippen molar-refractivity contribution >= 4 is 23.5 Å². The molecule has 1 N–H and O–H groups in total. The average molecular weight is 397 g/mol. The third-order valence-electron chi connectivity index (χ3n) is 5.51. The van der Waals surface area contributed by atoms with E-state index in [9.17, 15) is 4.79 Å². The molecular weight excluding hydrogens is 368 g/mol. The van der Waals surface area contributed by atoms with Gasteiger partial charge in [-0.25, -0.2) is 4.98 Å². The Morgan fingerprint density at radius 2 is 2.11 bits per heavy atom. The Balaban J connectivity index is 1.30. The van der Waals surface area contributed by atoms with Crippen molar-refractivity contribution in [2.45, 2.75) is 36.5 Å². The quantitative estimate of drug-likeness (QED) is 0.861. The third kappa shape index (κ3) is 4.50. The van der Waals surface area contributed by atoms with Crippen LogP contribution < -0.4 is 10.2 Å². The van der Waals surface area contributed by atoms with E-state index in [0.29, 0.717) is 6.54 Å². The maximum Gasteiger partial charge on any atom is 0.234 e. The first-order valence-electron chi connectivity index (χ1n) is 10.0. The molecule has 0 bridgehead atoms. The first-order chi connectivity index (χ1) is 13.6. The number of carbonyl (C=O) groups excluding carboxylic acids is 1. The summed E-state index contributed by atoms with van der Waals surface area (Å²) in [5, 5.41) is 3.06. The van der Waals surface area contributed by atoms with E-state index in [1.165, 1.54) is 16.0 Å². The molecule has 0 unspecified atom stereocenters. The summed E-state index contributed by atoms with van der Waals surface area (Å²) in [6, 6.07) is 10.6. The number of likely N-dealkylation sites (N-methyl/N-ethyl adjacent to an activating group) is 1. The molecule has 1 aromatic heterocycles. The molecule has 0 aliphatic carbocycles. The van der Waals surface area contributed by atoms with Gasteiger partial charge in [-0.05, 0) is 56.6 Å². The molecule has 4 rings (SSSR count). The van der Waals surface area contributed by atoms with Crippen LogP contribution in [0.15, 0.2) is 41.4 Å². The Kier molecular flexibility index (Phi) is 5.87. The number of amides is 1. The molecule has 1 saturated heterocycles. The van der Waals surface area contributed by atoms with E-state index in [1.807, 2.05) is 6.20 Å². The second kappa shape index (κ2) is 8.53. The van der Waals surface area contributed by atoms with E-state index < -0.39 is 0 Å². The Hall–Kier alpha value is -2.05. The van der Waals surface area contributed by atoms with Crippen LogP contribution in [0, 0.1) is 6.92 Å². The molecule has 148 valence electrons. The molecule has 3 heterocycles. The summed E-state index contributed by atoms with van der Waals surface area (Å²) < 4.78 is 0. The van der Waals surface area contributed by atoms with Gasteiger partial charge in [-0.3, -0.25) is 4.79 Å². The number of pyridine rings is 1. The van der Waals surface area contributed by atoms with Gasteiger partial charge >= 0.3 is 0 Å². The highest BCUT2D eigenvalue weighted by Crippen LogP contribution is 2.37. The Labute approximate surface area is 171 Å². The number of carbonyl (C=O) groups is 1. The molecule has 1 fully saturated rings. The lowest BCUT2D eigenvalue weighted by Gasteiger charge is -2.21. The van der Waals surface area contributed by atoms with Crippen LogP contribution in [0.5, 0.6) is 0 Å². The van der Waals surface area contributed by atoms with Crippen LogP contribution in [0.25, 0.3) is 0 Å². The lowest BCUT2D eigenvalue weighted by molar-refractivity contribution is -0.120. The number of aromatic nitrogens is 1. The lowest BCUT2D eigenvalue weighted by atomic mass is 10.1. The summed E-state index contributed by atoms with van der Waals surface area (Å²) in [7, 11) is 2.17. The van der Waals surface area contributed by atoms with Crippen LogP contribution in [-0.2, 0) is 17.8 Å². The molecular formula is C22H28N4OS. The van der Waals surface area contributed by atoms with Gasteiger partial charge in [-0.1, -0.05) is 23.8 Å². The van der Waals surface area contributed by atoms with Crippen molar-refractivity contribution in [2.24, 2.45) is 0 Å². The Morgan fingerprint density at radius 3 is 2.93 bits per heavy atom. The van der Waals surface area contributed by atoms with E-state index in [0.717, 1.165) is 50.4 Å². The summed E-state index contributed by atoms with van der Waals surface area (Å²) >= 11 is 1.68. The second-order valence-corrected chi connectivity index (χ2v) is 9.05. The Bertz CT molecular complexity index is 839. The number of fused-ring (bicyclic) bond motifs is 1. The van der Waals surface area contributed by atoms with Crippen LogP contribution in [0.3, 0.4) is 0 Å². The standard InChI is InChI=1S/C22H28N4OS/c1-16-4-6-18-13-20(28-19(18)12-16)22(27)24-15-17-5-7-21(23-14-17)26-9-3-8-25(2)10-11-26/h4-7,12,14,20H,3,8-11,13,15H2,1-2H3,(H,24,27)/t20-/m1/s1. The van der Waals surface area contributed by atoms with Gasteiger partial charge in [0.2, 0.25) is 5.91 Å². The molecule has 6 heteroatoms. The molecule has 2 aliphatic heterocycles. The Morgan fingerprint density at radius 1 is 1.21 bits per heavy atom. The highest BCUT2D eigenvalue weighted by molar-refractivity contribution is 8.01. The first kappa shape index (κ1) is 19.3. The SMILES string of the molecule is Cc1ccc2c(c1)S[C@@H](C(=O)NCc1ccc(N3CCCN(C)CC3)nc1)C2. The lowest BCUT2D eigenvalue weighted by Crippen LogP contribution is -2.32. The molecule has 2 aromatic rings. The van der Waals surface area contributed by atoms with E-state index in [-0.39, 0.29) is 11.2 Å². The summed E-state index contributed by atoms with van der Waals surface area (Å²) in [4.78, 5) is 23.2. The molecule has 1 aromatic carbocycles. The van der Waals surface area contributed by atoms with Gasteiger partial charge in [0.05, 0.1) is 5.25 Å². The average Bonchev–Trinajstić information content (AvgIpc) is 3.00. The van der Waals surface area contributed by atoms with E-state index in [2.05, 4.69) is 64.4 Å². The number of aryl methyl sites for hydroxylation is 1. The smallest absolute Gasteiger partial charge is 0.234 e. The normalized spacial score (nSPS) is 19.9. The van der Waals surface area contributed by atoms with E-state index in [4.69, 9.17) is 0 Å². The highest BCUT2D eigenvalue weighted by Gasteiger charge is 2.28. The zero-order valence-corrected chi connectivity index (χ0v) is 17.5. The van der Waals surface area contributed by atoms with Gasteiger partial charge in [0, 0.05) is 37.3 Å². The summed E-state index contributed by atoms with van der Waals surface area (Å²) in [6.45, 7) is 6.89. The van der Waals surface area contributed by atoms with Crippen molar-refractivity contribution in [3.8, 4) is 0 Å². The predicted octanol–water partition coefficient (Wildman–Crippen LogP) is 2.87. The van der Waals surface area contributed by atoms with Crippen molar-refractivity contribution in [3.63, 3.8) is 0 Å². The zero-order chi connectivity index (χ0) is 19.5. The number of benzene rings is 1. The minimum absolute atomic E-state index is 0.0295. The predicted molar refractivity (Wildman–Crippen MR) is 115 cm³/mol. The molecule has 2 aliphatic rings. The van der Waals surface area contributed by atoms with E-state index >= 15 is 0 Å². The second-order valence-electron chi connectivity index (χ2n) is 7.81. The van der Waals surface area contributed by atoms with Crippen LogP contribution in [0.4, 0.5) is 5.82 Å². The molecule has 0 saturated carbocycles. The van der Waals surface area contributed by atoms with Gasteiger partial charge in [0.25, 0.3) is 0 Å². The van der Waals surface area contributed by atoms with Crippen molar-refractivity contribution in [2.75, 3.05) is 38.1 Å². The van der Waals surface area contributed by atoms with Gasteiger partial charge in [-0.15, -0.1) is 11.8 Å². The molecule has 0 spiro atoms. The molecule has 0 radical (unpaired) electrons. The van der Waals surface area contributed by atoms with E-state index in [1.54, 1.807) is 11.8 Å². The van der Waals surface area contributed by atoms with Crippen molar-refractivity contribution in [3.05, 3.63) is 53.2 Å². The largest absolute Gasteiger partial charge is 0.355 e. The first-order valence-corrected chi connectivity index (χ1v) is 10.9. The number of anilines is 1. The fourth-order valence-corrected chi connectivity index (χ4v) is 5.08. The highest BCUT2D eigenvalue weighted by atomic mass is 32.2. The fourth-order valence-electron chi connectivity index (χ4n) is 3.77. The van der Waals surface area contributed by atoms with Gasteiger partial charge in [0.1, 0.15) is 5.82 Å². The number of nitrogens with zero attached hydrogens (tertiary/aromatic N) is 3. The minimum Gasteiger partial charge on any atom is -0.355 e. The zero-order valence-electron chi connectivity index (χ0n) is 16.6. The topological polar surface area (TPSA) is 48.5 Å². The van der Waals surface area contributed by atoms with Crippen LogP contribution in [0.2, 0.25) is 0 Å². The van der Waals surface area contributed by atoms with Crippen molar-refractivity contribution in [1.82, 2.24) is 15.2 Å². The summed E-state index contributed by atoms with van der Waals surface area (Å²) in [6.07, 6.45) is 3.87. The summed E-state index contributed by atoms with van der Waals surface area (Å²) in [5.41, 5.74) is 3.57. The number of hydrogen-bond acceptors (Lipinski definition) is 5. The molecule has 28 heavy (non-hydrogen) atoms. The van der Waals surface area contributed by atoms with Gasteiger partial charge in [-0.2, -0.15) is 0 Å². The minimum atomic E-state index is -0.0295. The van der Waals surface area contributed by atoms with Gasteiger partial charge in [0.15, 0.2) is 0 Å². The van der Waals surface area contributed by atoms with Crippen LogP contribution >= 0.6 is 11.8 Å². The van der Waals surface area contributed by atoms with Crippen LogP contribution in [0.1, 0.15) is 23.1 Å². The molecule has 1 atom stereocenters. The number of thioether (sulfide) groups is 1. The maximum absolute atomic E-state index is 12.6. The monoisotopic (exact) mass is 396 g/mol. The molecule has 5 nitrogen and oxygen atoms in total. The van der Waals surface area contributed by atoms with Crippen molar-refractivity contribution < 1.29 is 4.79 Å². The maximum atomic E-state index is 12.6.